The Morgan fingerprint density at radius 3 is 2.30 bits per heavy atom. The second-order valence-electron chi connectivity index (χ2n) is 11.5. The summed E-state index contributed by atoms with van der Waals surface area (Å²) in [5.41, 5.74) is 9.55. The van der Waals surface area contributed by atoms with Gasteiger partial charge < -0.3 is 4.42 Å². The number of para-hydroxylation sites is 1. The van der Waals surface area contributed by atoms with Crippen molar-refractivity contribution in [2.24, 2.45) is 0 Å². The van der Waals surface area contributed by atoms with Crippen LogP contribution in [0.5, 0.6) is 0 Å². The molecule has 9 rings (SSSR count). The number of aryl methyl sites for hydroxylation is 1. The lowest BCUT2D eigenvalue weighted by atomic mass is 9.99. The highest BCUT2D eigenvalue weighted by molar-refractivity contribution is 6.13. The molecule has 0 spiro atoms. The lowest BCUT2D eigenvalue weighted by molar-refractivity contribution is 0.669. The smallest absolute Gasteiger partial charge is 0.238 e. The van der Waals surface area contributed by atoms with Crippen LogP contribution in [0.25, 0.3) is 78.8 Å². The van der Waals surface area contributed by atoms with Crippen molar-refractivity contribution in [3.8, 4) is 45.9 Å². The fourth-order valence-corrected chi connectivity index (χ4v) is 6.64. The van der Waals surface area contributed by atoms with Gasteiger partial charge in [-0.2, -0.15) is 15.2 Å². The van der Waals surface area contributed by atoms with Crippen LogP contribution in [0.1, 0.15) is 23.2 Å². The van der Waals surface area contributed by atoms with Gasteiger partial charge in [-0.3, -0.25) is 4.57 Å². The zero-order valence-corrected chi connectivity index (χ0v) is 24.7. The van der Waals surface area contributed by atoms with Gasteiger partial charge in [0.2, 0.25) is 5.95 Å². The highest BCUT2D eigenvalue weighted by Crippen LogP contribution is 2.38. The third-order valence-electron chi connectivity index (χ3n) is 8.79. The molecular weight excluding hydrogens is 566 g/mol. The van der Waals surface area contributed by atoms with E-state index in [-0.39, 0.29) is 0 Å². The van der Waals surface area contributed by atoms with Crippen molar-refractivity contribution in [1.82, 2.24) is 19.5 Å². The SMILES string of the molecule is N#Cc1ccc(-c2nc(-c3ccc4c(c3)oc3cccc(-c5ccccc5)c34)nc(-n3c4c(c5ccccc53)CCC=C4)n2)cc1. The Balaban J connectivity index is 1.27. The van der Waals surface area contributed by atoms with Crippen molar-refractivity contribution in [3.05, 3.63) is 138 Å². The molecular formula is C40H25N5O. The first-order valence-corrected chi connectivity index (χ1v) is 15.3. The topological polar surface area (TPSA) is 80.5 Å². The minimum Gasteiger partial charge on any atom is -0.456 e. The maximum atomic E-state index is 9.39. The van der Waals surface area contributed by atoms with Crippen molar-refractivity contribution < 1.29 is 4.42 Å². The van der Waals surface area contributed by atoms with E-state index in [0.29, 0.717) is 23.2 Å². The molecule has 0 atom stereocenters. The van der Waals surface area contributed by atoms with Crippen molar-refractivity contribution in [1.29, 1.82) is 5.26 Å². The van der Waals surface area contributed by atoms with Gasteiger partial charge in [-0.15, -0.1) is 0 Å². The first-order chi connectivity index (χ1) is 22.7. The van der Waals surface area contributed by atoms with E-state index in [2.05, 4.69) is 89.5 Å². The van der Waals surface area contributed by atoms with Crippen LogP contribution in [-0.2, 0) is 6.42 Å². The minimum atomic E-state index is 0.534. The summed E-state index contributed by atoms with van der Waals surface area (Å²) in [5, 5.41) is 12.7. The van der Waals surface area contributed by atoms with Gasteiger partial charge in [0.25, 0.3) is 0 Å². The number of nitrogens with zero attached hydrogens (tertiary/aromatic N) is 5. The van der Waals surface area contributed by atoms with E-state index in [1.807, 2.05) is 36.4 Å². The number of allylic oxidation sites excluding steroid dienone is 1. The van der Waals surface area contributed by atoms with Crippen LogP contribution in [0.2, 0.25) is 0 Å². The summed E-state index contributed by atoms with van der Waals surface area (Å²) in [6.45, 7) is 0. The van der Waals surface area contributed by atoms with Crippen molar-refractivity contribution in [2.45, 2.75) is 12.8 Å². The van der Waals surface area contributed by atoms with Gasteiger partial charge in [0, 0.05) is 27.3 Å². The summed E-state index contributed by atoms with van der Waals surface area (Å²) in [5.74, 6) is 1.62. The van der Waals surface area contributed by atoms with Gasteiger partial charge in [0.1, 0.15) is 11.2 Å². The molecule has 0 saturated carbocycles. The van der Waals surface area contributed by atoms with Crippen LogP contribution in [0, 0.1) is 11.3 Å². The molecule has 216 valence electrons. The lowest BCUT2D eigenvalue weighted by Crippen LogP contribution is -2.08. The number of rotatable bonds is 4. The van der Waals surface area contributed by atoms with E-state index in [9.17, 15) is 5.26 Å². The monoisotopic (exact) mass is 591 g/mol. The van der Waals surface area contributed by atoms with Crippen molar-refractivity contribution >= 4 is 38.9 Å². The molecule has 3 aromatic heterocycles. The van der Waals surface area contributed by atoms with Gasteiger partial charge in [-0.25, -0.2) is 4.98 Å². The summed E-state index contributed by atoms with van der Waals surface area (Å²) in [6, 6.07) is 40.7. The minimum absolute atomic E-state index is 0.534. The second-order valence-corrected chi connectivity index (χ2v) is 11.5. The Morgan fingerprint density at radius 2 is 1.46 bits per heavy atom. The molecule has 0 unspecified atom stereocenters. The third-order valence-corrected chi connectivity index (χ3v) is 8.79. The van der Waals surface area contributed by atoms with Gasteiger partial charge in [-0.1, -0.05) is 72.8 Å². The van der Waals surface area contributed by atoms with Crippen LogP contribution < -0.4 is 0 Å². The number of fused-ring (bicyclic) bond motifs is 6. The van der Waals surface area contributed by atoms with Crippen LogP contribution >= 0.6 is 0 Å². The standard InChI is InChI=1S/C40H25N5O/c41-24-25-17-19-27(20-18-25)38-42-39(44-40(43-38)45-33-14-6-4-11-30(33)31-12-5-7-15-34(31)45)28-21-22-32-36(23-28)46-35-16-8-13-29(37(32)35)26-9-2-1-3-10-26/h1-4,6-11,13-23H,5,12H2. The van der Waals surface area contributed by atoms with Crippen LogP contribution in [0.4, 0.5) is 0 Å². The first-order valence-electron chi connectivity index (χ1n) is 15.3. The second kappa shape index (κ2) is 10.4. The quantitative estimate of drug-likeness (QED) is 0.204. The summed E-state index contributed by atoms with van der Waals surface area (Å²) >= 11 is 0. The van der Waals surface area contributed by atoms with E-state index >= 15 is 0 Å². The molecule has 0 bridgehead atoms. The Bertz CT molecular complexity index is 2530. The van der Waals surface area contributed by atoms with E-state index < -0.39 is 0 Å². The summed E-state index contributed by atoms with van der Waals surface area (Å²) in [6.07, 6.45) is 6.35. The molecule has 0 fully saturated rings. The van der Waals surface area contributed by atoms with Crippen LogP contribution in [0.3, 0.4) is 0 Å². The largest absolute Gasteiger partial charge is 0.456 e. The van der Waals surface area contributed by atoms with Gasteiger partial charge in [0.15, 0.2) is 11.6 Å². The molecule has 5 aromatic carbocycles. The molecule has 0 saturated heterocycles. The highest BCUT2D eigenvalue weighted by Gasteiger charge is 2.22. The number of furan rings is 1. The molecule has 6 heteroatoms. The summed E-state index contributed by atoms with van der Waals surface area (Å²) in [7, 11) is 0. The number of nitriles is 1. The predicted molar refractivity (Wildman–Crippen MR) is 182 cm³/mol. The lowest BCUT2D eigenvalue weighted by Gasteiger charge is -2.13. The number of benzene rings is 5. The van der Waals surface area contributed by atoms with E-state index in [4.69, 9.17) is 19.4 Å². The van der Waals surface area contributed by atoms with E-state index in [1.54, 1.807) is 12.1 Å². The Morgan fingerprint density at radius 1 is 0.674 bits per heavy atom. The fraction of sp³-hybridized carbons (Fsp3) is 0.0500. The van der Waals surface area contributed by atoms with Gasteiger partial charge in [-0.05, 0) is 84.1 Å². The molecule has 0 amide bonds. The van der Waals surface area contributed by atoms with E-state index in [0.717, 1.165) is 68.2 Å². The fourth-order valence-electron chi connectivity index (χ4n) is 6.64. The van der Waals surface area contributed by atoms with Gasteiger partial charge in [0.05, 0.1) is 22.8 Å². The highest BCUT2D eigenvalue weighted by atomic mass is 16.3. The molecule has 0 radical (unpaired) electrons. The molecule has 46 heavy (non-hydrogen) atoms. The normalized spacial score (nSPS) is 12.5. The Labute approximate surface area is 264 Å². The van der Waals surface area contributed by atoms with Crippen LogP contribution in [-0.4, -0.2) is 19.5 Å². The molecule has 8 aromatic rings. The number of hydrogen-bond acceptors (Lipinski definition) is 5. The average Bonchev–Trinajstić information content (AvgIpc) is 3.67. The van der Waals surface area contributed by atoms with Crippen molar-refractivity contribution in [2.75, 3.05) is 0 Å². The summed E-state index contributed by atoms with van der Waals surface area (Å²) < 4.78 is 8.58. The molecule has 1 aliphatic rings. The molecule has 3 heterocycles. The average molecular weight is 592 g/mol. The Hall–Kier alpha value is -6.32. The number of hydrogen-bond donors (Lipinski definition) is 0. The molecule has 0 N–H and O–H groups in total. The maximum absolute atomic E-state index is 9.39. The van der Waals surface area contributed by atoms with Gasteiger partial charge >= 0.3 is 0 Å². The Kier molecular flexibility index (Phi) is 5.90. The zero-order chi connectivity index (χ0) is 30.6. The van der Waals surface area contributed by atoms with Crippen LogP contribution in [0.15, 0.2) is 126 Å². The maximum Gasteiger partial charge on any atom is 0.238 e. The summed E-state index contributed by atoms with van der Waals surface area (Å²) in [4.78, 5) is 15.1. The number of aromatic nitrogens is 4. The predicted octanol–water partition coefficient (Wildman–Crippen LogP) is 9.55. The third kappa shape index (κ3) is 4.14. The van der Waals surface area contributed by atoms with E-state index in [1.165, 1.54) is 10.9 Å². The molecule has 1 aliphatic carbocycles. The zero-order valence-electron chi connectivity index (χ0n) is 24.7. The molecule has 6 nitrogen and oxygen atoms in total. The van der Waals surface area contributed by atoms with Crippen molar-refractivity contribution in [3.63, 3.8) is 0 Å². The molecule has 0 aliphatic heterocycles. The first kappa shape index (κ1) is 26.1.